The van der Waals surface area contributed by atoms with Gasteiger partial charge in [0, 0.05) is 26.1 Å². The molecule has 0 heterocycles. The van der Waals surface area contributed by atoms with Crippen molar-refractivity contribution < 1.29 is 13.2 Å². The van der Waals surface area contributed by atoms with Crippen molar-refractivity contribution in [2.45, 2.75) is 18.1 Å². The van der Waals surface area contributed by atoms with Crippen molar-refractivity contribution in [1.29, 1.82) is 0 Å². The Hall–Kier alpha value is 0.160. The number of sulfonamides is 1. The summed E-state index contributed by atoms with van der Waals surface area (Å²) in [4.78, 5) is 0. The van der Waals surface area contributed by atoms with Crippen molar-refractivity contribution in [2.24, 2.45) is 0 Å². The van der Waals surface area contributed by atoms with E-state index in [1.54, 1.807) is 7.11 Å². The van der Waals surface area contributed by atoms with Gasteiger partial charge in [-0.2, -0.15) is 4.31 Å². The van der Waals surface area contributed by atoms with Gasteiger partial charge in [0.1, 0.15) is 0 Å². The molecule has 0 bridgehead atoms. The number of ether oxygens (including phenoxy) is 1. The maximum Gasteiger partial charge on any atom is 0.217 e. The zero-order valence-electron chi connectivity index (χ0n) is 8.28. The summed E-state index contributed by atoms with van der Waals surface area (Å²) < 4.78 is 29.9. The number of methoxy groups -OCH3 is 1. The molecule has 6 heteroatoms. The summed E-state index contributed by atoms with van der Waals surface area (Å²) in [6, 6.07) is 0. The Kier molecular flexibility index (Phi) is 4.63. The maximum atomic E-state index is 11.8. The van der Waals surface area contributed by atoms with Crippen LogP contribution >= 0.6 is 11.6 Å². The summed E-state index contributed by atoms with van der Waals surface area (Å²) >= 11 is 5.56. The SMILES string of the molecule is COCCN(CCCl)S(=O)(=O)C1CC1. The highest BCUT2D eigenvalue weighted by atomic mass is 35.5. The molecule has 0 aromatic rings. The van der Waals surface area contributed by atoms with Crippen LogP contribution in [0.5, 0.6) is 0 Å². The summed E-state index contributed by atoms with van der Waals surface area (Å²) in [5.74, 6) is 0.329. The molecule has 0 atom stereocenters. The Morgan fingerprint density at radius 1 is 1.43 bits per heavy atom. The van der Waals surface area contributed by atoms with Gasteiger partial charge in [0.25, 0.3) is 0 Å². The second-order valence-corrected chi connectivity index (χ2v) is 5.92. The molecule has 1 saturated carbocycles. The van der Waals surface area contributed by atoms with Gasteiger partial charge < -0.3 is 4.74 Å². The molecule has 1 aliphatic rings. The van der Waals surface area contributed by atoms with Crippen molar-refractivity contribution >= 4 is 21.6 Å². The Bertz CT molecular complexity index is 264. The Labute approximate surface area is 90.2 Å². The second kappa shape index (κ2) is 5.30. The van der Waals surface area contributed by atoms with Gasteiger partial charge in [-0.1, -0.05) is 0 Å². The minimum atomic E-state index is -3.09. The first-order valence-corrected chi connectivity index (χ1v) is 6.70. The van der Waals surface area contributed by atoms with E-state index in [0.717, 1.165) is 12.8 Å². The number of halogens is 1. The Morgan fingerprint density at radius 3 is 2.50 bits per heavy atom. The molecule has 1 fully saturated rings. The van der Waals surface area contributed by atoms with Crippen LogP contribution in [0.25, 0.3) is 0 Å². The maximum absolute atomic E-state index is 11.8. The predicted octanol–water partition coefficient (Wildman–Crippen LogP) is 0.666. The van der Waals surface area contributed by atoms with Crippen LogP contribution in [-0.4, -0.2) is 50.7 Å². The van der Waals surface area contributed by atoms with Gasteiger partial charge in [-0.25, -0.2) is 8.42 Å². The largest absolute Gasteiger partial charge is 0.383 e. The van der Waals surface area contributed by atoms with Crippen LogP contribution in [0.1, 0.15) is 12.8 Å². The summed E-state index contributed by atoms with van der Waals surface area (Å²) in [5.41, 5.74) is 0. The smallest absolute Gasteiger partial charge is 0.217 e. The summed E-state index contributed by atoms with van der Waals surface area (Å²) in [7, 11) is -1.54. The summed E-state index contributed by atoms with van der Waals surface area (Å²) in [5, 5.41) is -0.164. The number of rotatable bonds is 7. The molecule has 0 spiro atoms. The molecule has 0 N–H and O–H groups in total. The van der Waals surface area contributed by atoms with Crippen LogP contribution in [0.4, 0.5) is 0 Å². The van der Waals surface area contributed by atoms with E-state index in [1.165, 1.54) is 4.31 Å². The van der Waals surface area contributed by atoms with Gasteiger partial charge >= 0.3 is 0 Å². The lowest BCUT2D eigenvalue weighted by molar-refractivity contribution is 0.180. The first-order valence-electron chi connectivity index (χ1n) is 4.66. The van der Waals surface area contributed by atoms with Gasteiger partial charge in [0.15, 0.2) is 0 Å². The molecular weight excluding hydrogens is 226 g/mol. The van der Waals surface area contributed by atoms with E-state index in [9.17, 15) is 8.42 Å². The topological polar surface area (TPSA) is 46.6 Å². The molecule has 0 aromatic carbocycles. The normalized spacial score (nSPS) is 17.6. The highest BCUT2D eigenvalue weighted by Gasteiger charge is 2.39. The highest BCUT2D eigenvalue weighted by molar-refractivity contribution is 7.90. The molecule has 0 aliphatic heterocycles. The number of nitrogens with zero attached hydrogens (tertiary/aromatic N) is 1. The predicted molar refractivity (Wildman–Crippen MR) is 56.1 cm³/mol. The fourth-order valence-electron chi connectivity index (χ4n) is 1.23. The molecule has 1 rings (SSSR count). The number of alkyl halides is 1. The third kappa shape index (κ3) is 3.08. The lowest BCUT2D eigenvalue weighted by Gasteiger charge is -2.20. The van der Waals surface area contributed by atoms with E-state index in [4.69, 9.17) is 16.3 Å². The minimum Gasteiger partial charge on any atom is -0.383 e. The first-order chi connectivity index (χ1) is 6.62. The van der Waals surface area contributed by atoms with Crippen molar-refractivity contribution in [3.05, 3.63) is 0 Å². The van der Waals surface area contributed by atoms with E-state index in [0.29, 0.717) is 25.6 Å². The van der Waals surface area contributed by atoms with E-state index < -0.39 is 10.0 Å². The average molecular weight is 242 g/mol. The molecule has 0 saturated heterocycles. The minimum absolute atomic E-state index is 0.164. The zero-order chi connectivity index (χ0) is 10.6. The van der Waals surface area contributed by atoms with Crippen LogP contribution in [0.15, 0.2) is 0 Å². The fraction of sp³-hybridized carbons (Fsp3) is 1.00. The third-order valence-electron chi connectivity index (χ3n) is 2.18. The van der Waals surface area contributed by atoms with Crippen molar-refractivity contribution in [1.82, 2.24) is 4.31 Å². The van der Waals surface area contributed by atoms with Crippen LogP contribution in [0.3, 0.4) is 0 Å². The molecule has 0 aromatic heterocycles. The monoisotopic (exact) mass is 241 g/mol. The van der Waals surface area contributed by atoms with E-state index in [-0.39, 0.29) is 5.25 Å². The zero-order valence-corrected chi connectivity index (χ0v) is 9.85. The first kappa shape index (κ1) is 12.2. The van der Waals surface area contributed by atoms with Gasteiger partial charge in [-0.05, 0) is 12.8 Å². The Morgan fingerprint density at radius 2 is 2.07 bits per heavy atom. The molecule has 0 amide bonds. The van der Waals surface area contributed by atoms with Crippen LogP contribution in [0, 0.1) is 0 Å². The molecule has 14 heavy (non-hydrogen) atoms. The summed E-state index contributed by atoms with van der Waals surface area (Å²) in [6.45, 7) is 1.20. The van der Waals surface area contributed by atoms with E-state index >= 15 is 0 Å². The molecule has 84 valence electrons. The molecule has 1 aliphatic carbocycles. The van der Waals surface area contributed by atoms with Gasteiger partial charge in [0.2, 0.25) is 10.0 Å². The third-order valence-corrected chi connectivity index (χ3v) is 4.75. The highest BCUT2D eigenvalue weighted by Crippen LogP contribution is 2.30. The fourth-order valence-corrected chi connectivity index (χ4v) is 3.36. The number of hydrogen-bond acceptors (Lipinski definition) is 3. The van der Waals surface area contributed by atoms with E-state index in [2.05, 4.69) is 0 Å². The van der Waals surface area contributed by atoms with Crippen LogP contribution in [-0.2, 0) is 14.8 Å². The molecular formula is C8H16ClNO3S. The standard InChI is InChI=1S/C8H16ClNO3S/c1-13-7-6-10(5-4-9)14(11,12)8-2-3-8/h8H,2-7H2,1H3. The van der Waals surface area contributed by atoms with Crippen molar-refractivity contribution in [3.63, 3.8) is 0 Å². The lowest BCUT2D eigenvalue weighted by atomic mass is 10.6. The molecule has 0 unspecified atom stereocenters. The van der Waals surface area contributed by atoms with Crippen LogP contribution < -0.4 is 0 Å². The average Bonchev–Trinajstić information content (AvgIpc) is 2.94. The molecule has 0 radical (unpaired) electrons. The van der Waals surface area contributed by atoms with E-state index in [1.807, 2.05) is 0 Å². The second-order valence-electron chi connectivity index (χ2n) is 3.33. The van der Waals surface area contributed by atoms with Gasteiger partial charge in [-0.15, -0.1) is 11.6 Å². The number of hydrogen-bond donors (Lipinski definition) is 0. The van der Waals surface area contributed by atoms with Gasteiger partial charge in [-0.3, -0.25) is 0 Å². The van der Waals surface area contributed by atoms with Crippen LogP contribution in [0.2, 0.25) is 0 Å². The molecule has 4 nitrogen and oxygen atoms in total. The quantitative estimate of drug-likeness (QED) is 0.616. The van der Waals surface area contributed by atoms with Gasteiger partial charge in [0.05, 0.1) is 11.9 Å². The van der Waals surface area contributed by atoms with Crippen molar-refractivity contribution in [3.8, 4) is 0 Å². The lowest BCUT2D eigenvalue weighted by Crippen LogP contribution is -2.37. The summed E-state index contributed by atoms with van der Waals surface area (Å²) in [6.07, 6.45) is 1.57. The Balaban J connectivity index is 2.55. The van der Waals surface area contributed by atoms with Crippen molar-refractivity contribution in [2.75, 3.05) is 32.7 Å².